The molecule has 19 heavy (non-hydrogen) atoms. The minimum atomic E-state index is 0.200. The van der Waals surface area contributed by atoms with Crippen LogP contribution in [0.25, 0.3) is 5.57 Å². The van der Waals surface area contributed by atoms with Gasteiger partial charge >= 0.3 is 129 Å². The van der Waals surface area contributed by atoms with Crippen LogP contribution < -0.4 is 0 Å². The van der Waals surface area contributed by atoms with Gasteiger partial charge in [0.05, 0.1) is 0 Å². The fourth-order valence-electron chi connectivity index (χ4n) is 2.23. The van der Waals surface area contributed by atoms with Crippen molar-refractivity contribution in [2.45, 2.75) is 46.2 Å². The van der Waals surface area contributed by atoms with Crippen molar-refractivity contribution in [2.75, 3.05) is 0 Å². The van der Waals surface area contributed by atoms with Crippen molar-refractivity contribution in [1.82, 2.24) is 3.38 Å². The monoisotopic (exact) mass is 288 g/mol. The Hall–Kier alpha value is -0.626. The fourth-order valence-corrected chi connectivity index (χ4v) is 2.50. The van der Waals surface area contributed by atoms with Gasteiger partial charge in [-0.25, -0.2) is 0 Å². The van der Waals surface area contributed by atoms with Gasteiger partial charge in [0.15, 0.2) is 0 Å². The first-order valence-electron chi connectivity index (χ1n) is 6.82. The molecule has 0 spiro atoms. The predicted molar refractivity (Wildman–Crippen MR) is 78.1 cm³/mol. The number of rotatable bonds is 3. The van der Waals surface area contributed by atoms with Crippen LogP contribution in [0.4, 0.5) is 0 Å². The number of nitrogens with zero attached hydrogens (tertiary/aromatic N) is 1. The summed E-state index contributed by atoms with van der Waals surface area (Å²) in [5, 5.41) is 0. The minimum absolute atomic E-state index is 0.200. The van der Waals surface area contributed by atoms with Gasteiger partial charge in [0.2, 0.25) is 0 Å². The zero-order chi connectivity index (χ0) is 14.0. The van der Waals surface area contributed by atoms with Crippen molar-refractivity contribution < 1.29 is 20.7 Å². The van der Waals surface area contributed by atoms with Crippen LogP contribution in [0, 0.1) is 0 Å². The fraction of sp³-hybridized carbons (Fsp3) is 0.412. The molecule has 1 nitrogen and oxygen atoms in total. The molecule has 0 radical (unpaired) electrons. The molecule has 0 bridgehead atoms. The van der Waals surface area contributed by atoms with Gasteiger partial charge in [0.25, 0.3) is 0 Å². The van der Waals surface area contributed by atoms with E-state index in [4.69, 9.17) is 0 Å². The number of hydrogen-bond acceptors (Lipinski definition) is 1. The molecule has 2 rings (SSSR count). The summed E-state index contributed by atoms with van der Waals surface area (Å²) in [4.78, 5) is 0. The normalized spacial score (nSPS) is 15.6. The summed E-state index contributed by atoms with van der Waals surface area (Å²) >= 11 is 2.20. The Bertz CT molecular complexity index is 520. The van der Waals surface area contributed by atoms with Crippen molar-refractivity contribution in [3.05, 3.63) is 53.1 Å². The van der Waals surface area contributed by atoms with Crippen molar-refractivity contribution in [2.24, 2.45) is 0 Å². The molecule has 0 aromatic heterocycles. The molecular formula is C17H22NTi. The molecule has 0 saturated heterocycles. The summed E-state index contributed by atoms with van der Waals surface area (Å²) in [7, 11) is 0. The SMILES string of the molecule is CC1=CCC(c2ccccc2C[N]([Ti])C(C)(C)C)=C1. The molecule has 0 amide bonds. The maximum absolute atomic E-state index is 2.40. The molecule has 0 aliphatic heterocycles. The third kappa shape index (κ3) is 3.69. The van der Waals surface area contributed by atoms with Gasteiger partial charge in [-0.3, -0.25) is 0 Å². The van der Waals surface area contributed by atoms with E-state index in [1.807, 2.05) is 0 Å². The van der Waals surface area contributed by atoms with Gasteiger partial charge in [-0.2, -0.15) is 0 Å². The van der Waals surface area contributed by atoms with E-state index in [1.54, 1.807) is 0 Å². The summed E-state index contributed by atoms with van der Waals surface area (Å²) in [6.45, 7) is 9.95. The average Bonchev–Trinajstić information content (AvgIpc) is 2.75. The molecule has 1 aromatic rings. The van der Waals surface area contributed by atoms with E-state index < -0.39 is 0 Å². The summed E-state index contributed by atoms with van der Waals surface area (Å²) in [6.07, 6.45) is 5.69. The second-order valence-electron chi connectivity index (χ2n) is 6.24. The van der Waals surface area contributed by atoms with Crippen molar-refractivity contribution >= 4 is 5.57 Å². The molecule has 0 unspecified atom stereocenters. The Kier molecular flexibility index (Phi) is 4.50. The maximum atomic E-state index is 2.40. The van der Waals surface area contributed by atoms with Crippen LogP contribution in [-0.2, 0) is 27.2 Å². The van der Waals surface area contributed by atoms with Gasteiger partial charge in [0.1, 0.15) is 0 Å². The van der Waals surface area contributed by atoms with E-state index in [9.17, 15) is 0 Å². The number of benzene rings is 1. The van der Waals surface area contributed by atoms with Gasteiger partial charge in [-0.1, -0.05) is 0 Å². The first-order valence-corrected chi connectivity index (χ1v) is 7.52. The van der Waals surface area contributed by atoms with Crippen molar-refractivity contribution in [3.8, 4) is 0 Å². The zero-order valence-corrected chi connectivity index (χ0v) is 13.9. The van der Waals surface area contributed by atoms with Crippen LogP contribution in [0.2, 0.25) is 0 Å². The van der Waals surface area contributed by atoms with Crippen molar-refractivity contribution in [3.63, 3.8) is 0 Å². The molecule has 1 aromatic carbocycles. The summed E-state index contributed by atoms with van der Waals surface area (Å²) < 4.78 is 2.40. The Labute approximate surface area is 129 Å². The summed E-state index contributed by atoms with van der Waals surface area (Å²) in [6, 6.07) is 8.80. The number of allylic oxidation sites excluding steroid dienone is 4. The molecule has 0 saturated carbocycles. The van der Waals surface area contributed by atoms with E-state index >= 15 is 0 Å². The molecule has 0 fully saturated rings. The predicted octanol–water partition coefficient (Wildman–Crippen LogP) is 4.48. The molecular weight excluding hydrogens is 266 g/mol. The molecule has 2 heteroatoms. The van der Waals surface area contributed by atoms with Crippen LogP contribution in [0.3, 0.4) is 0 Å². The third-order valence-electron chi connectivity index (χ3n) is 3.55. The molecule has 0 heterocycles. The van der Waals surface area contributed by atoms with E-state index in [0.29, 0.717) is 0 Å². The topological polar surface area (TPSA) is 3.24 Å². The second-order valence-corrected chi connectivity index (χ2v) is 7.08. The first kappa shape index (κ1) is 14.8. The Morgan fingerprint density at radius 3 is 2.47 bits per heavy atom. The quantitative estimate of drug-likeness (QED) is 0.741. The Morgan fingerprint density at radius 1 is 1.21 bits per heavy atom. The molecule has 99 valence electrons. The standard InChI is InChI=1S/C17H22N.Ti/c1-13-9-10-14(11-13)16-8-6-5-7-15(16)12-18-17(2,3)4;/h5-9,11H,10,12H2,1-4H3;/q-1;+1. The van der Waals surface area contributed by atoms with Crippen LogP contribution in [0.1, 0.15) is 45.2 Å². The molecule has 1 aliphatic carbocycles. The van der Waals surface area contributed by atoms with E-state index in [0.717, 1.165) is 13.0 Å². The van der Waals surface area contributed by atoms with Gasteiger partial charge in [0, 0.05) is 0 Å². The Morgan fingerprint density at radius 2 is 1.89 bits per heavy atom. The number of hydrogen-bond donors (Lipinski definition) is 0. The summed E-state index contributed by atoms with van der Waals surface area (Å²) in [5.41, 5.74) is 5.87. The van der Waals surface area contributed by atoms with Crippen molar-refractivity contribution in [1.29, 1.82) is 0 Å². The molecule has 0 atom stereocenters. The Balaban J connectivity index is 2.25. The van der Waals surface area contributed by atoms with E-state index in [-0.39, 0.29) is 5.54 Å². The van der Waals surface area contributed by atoms with Crippen LogP contribution in [0.15, 0.2) is 42.0 Å². The zero-order valence-electron chi connectivity index (χ0n) is 12.3. The van der Waals surface area contributed by atoms with Gasteiger partial charge in [-0.15, -0.1) is 0 Å². The van der Waals surface area contributed by atoms with Gasteiger partial charge in [-0.05, 0) is 0 Å². The van der Waals surface area contributed by atoms with E-state index in [1.165, 1.54) is 22.3 Å². The second kappa shape index (κ2) is 5.79. The van der Waals surface area contributed by atoms with Crippen LogP contribution in [-0.4, -0.2) is 8.92 Å². The average molecular weight is 288 g/mol. The third-order valence-corrected chi connectivity index (χ3v) is 4.84. The van der Waals surface area contributed by atoms with E-state index in [2.05, 4.69) is 88.2 Å². The molecule has 1 aliphatic rings. The first-order chi connectivity index (χ1) is 8.88. The van der Waals surface area contributed by atoms with Crippen LogP contribution in [0.5, 0.6) is 0 Å². The van der Waals surface area contributed by atoms with Crippen LogP contribution >= 0.6 is 0 Å². The molecule has 0 N–H and O–H groups in total. The van der Waals surface area contributed by atoms with Gasteiger partial charge < -0.3 is 0 Å². The summed E-state index contributed by atoms with van der Waals surface area (Å²) in [5.74, 6) is 0.